The third-order valence-corrected chi connectivity index (χ3v) is 2.63. The molecule has 2 atom stereocenters. The Morgan fingerprint density at radius 1 is 1.47 bits per heavy atom. The molecule has 0 bridgehead atoms. The summed E-state index contributed by atoms with van der Waals surface area (Å²) in [4.78, 5) is 23.9. The molecule has 0 heterocycles. The van der Waals surface area contributed by atoms with Gasteiger partial charge in [0, 0.05) is 20.3 Å². The van der Waals surface area contributed by atoms with Gasteiger partial charge in [-0.1, -0.05) is 0 Å². The van der Waals surface area contributed by atoms with Crippen molar-refractivity contribution in [3.8, 4) is 0 Å². The number of aliphatic carboxylic acids is 1. The molecule has 0 aromatic heterocycles. The first-order chi connectivity index (χ1) is 8.10. The van der Waals surface area contributed by atoms with Crippen LogP contribution in [0.25, 0.3) is 0 Å². The van der Waals surface area contributed by atoms with Crippen LogP contribution in [0.2, 0.25) is 0 Å². The van der Waals surface area contributed by atoms with Crippen LogP contribution in [0.4, 0.5) is 0 Å². The summed E-state index contributed by atoms with van der Waals surface area (Å²) in [7, 11) is 1.52. The molecule has 1 rings (SSSR count). The molecule has 0 aromatic rings. The van der Waals surface area contributed by atoms with Gasteiger partial charge < -0.3 is 19.5 Å². The van der Waals surface area contributed by atoms with Crippen LogP contribution < -0.4 is 0 Å². The Kier molecular flexibility index (Phi) is 5.37. The van der Waals surface area contributed by atoms with Gasteiger partial charge in [-0.25, -0.2) is 0 Å². The Labute approximate surface area is 100 Å². The molecule has 1 saturated carbocycles. The summed E-state index contributed by atoms with van der Waals surface area (Å²) in [5, 5.41) is 8.74. The molecule has 6 nitrogen and oxygen atoms in total. The van der Waals surface area contributed by atoms with E-state index < -0.39 is 5.97 Å². The topological polar surface area (TPSA) is 76.1 Å². The molecule has 0 spiro atoms. The Morgan fingerprint density at radius 3 is 2.71 bits per heavy atom. The van der Waals surface area contributed by atoms with Crippen LogP contribution in [0, 0.1) is 5.92 Å². The van der Waals surface area contributed by atoms with Crippen molar-refractivity contribution in [2.45, 2.75) is 19.4 Å². The van der Waals surface area contributed by atoms with Gasteiger partial charge in [0.1, 0.15) is 6.54 Å². The van der Waals surface area contributed by atoms with Crippen molar-refractivity contribution < 1.29 is 24.2 Å². The fourth-order valence-electron chi connectivity index (χ4n) is 1.70. The molecule has 6 heteroatoms. The Bertz CT molecular complexity index is 281. The summed E-state index contributed by atoms with van der Waals surface area (Å²) in [6, 6.07) is 0. The quantitative estimate of drug-likeness (QED) is 0.650. The third-order valence-electron chi connectivity index (χ3n) is 2.63. The van der Waals surface area contributed by atoms with E-state index in [-0.39, 0.29) is 24.5 Å². The lowest BCUT2D eigenvalue weighted by Crippen LogP contribution is -2.39. The SMILES string of the molecule is CCO[C@@H]1C[C@H]1C(=O)N(CCOC)CC(=O)O. The number of hydrogen-bond donors (Lipinski definition) is 1. The molecule has 0 saturated heterocycles. The maximum Gasteiger partial charge on any atom is 0.323 e. The van der Waals surface area contributed by atoms with Gasteiger partial charge in [-0.15, -0.1) is 0 Å². The number of ether oxygens (including phenoxy) is 2. The van der Waals surface area contributed by atoms with Gasteiger partial charge in [0.25, 0.3) is 0 Å². The van der Waals surface area contributed by atoms with Crippen LogP contribution in [-0.4, -0.2) is 61.4 Å². The van der Waals surface area contributed by atoms with Crippen molar-refractivity contribution in [3.05, 3.63) is 0 Å². The third kappa shape index (κ3) is 4.32. The fourth-order valence-corrected chi connectivity index (χ4v) is 1.70. The van der Waals surface area contributed by atoms with Crippen molar-refractivity contribution in [2.75, 3.05) is 33.4 Å². The maximum absolute atomic E-state index is 12.0. The summed E-state index contributed by atoms with van der Waals surface area (Å²) < 4.78 is 10.2. The van der Waals surface area contributed by atoms with Crippen LogP contribution in [0.5, 0.6) is 0 Å². The number of methoxy groups -OCH3 is 1. The van der Waals surface area contributed by atoms with E-state index in [1.807, 2.05) is 6.92 Å². The molecular weight excluding hydrogens is 226 g/mol. The lowest BCUT2D eigenvalue weighted by molar-refractivity contribution is -0.145. The number of carboxylic acids is 1. The number of amides is 1. The zero-order valence-corrected chi connectivity index (χ0v) is 10.2. The second-order valence-corrected chi connectivity index (χ2v) is 3.98. The summed E-state index contributed by atoms with van der Waals surface area (Å²) in [6.07, 6.45) is 0.654. The lowest BCUT2D eigenvalue weighted by Gasteiger charge is -2.20. The molecule has 0 radical (unpaired) electrons. The smallest absolute Gasteiger partial charge is 0.323 e. The minimum Gasteiger partial charge on any atom is -0.480 e. The maximum atomic E-state index is 12.0. The Balaban J connectivity index is 2.45. The van der Waals surface area contributed by atoms with Crippen LogP contribution in [0.3, 0.4) is 0 Å². The predicted molar refractivity (Wildman–Crippen MR) is 59.6 cm³/mol. The summed E-state index contributed by atoms with van der Waals surface area (Å²) in [5.41, 5.74) is 0. The van der Waals surface area contributed by atoms with Crippen molar-refractivity contribution >= 4 is 11.9 Å². The van der Waals surface area contributed by atoms with Crippen molar-refractivity contribution in [1.82, 2.24) is 4.90 Å². The number of nitrogens with zero attached hydrogens (tertiary/aromatic N) is 1. The number of rotatable bonds is 8. The van der Waals surface area contributed by atoms with Gasteiger partial charge in [-0.2, -0.15) is 0 Å². The van der Waals surface area contributed by atoms with E-state index in [1.54, 1.807) is 0 Å². The molecule has 17 heavy (non-hydrogen) atoms. The first-order valence-corrected chi connectivity index (χ1v) is 5.71. The van der Waals surface area contributed by atoms with E-state index in [4.69, 9.17) is 14.6 Å². The molecule has 1 N–H and O–H groups in total. The van der Waals surface area contributed by atoms with Crippen LogP contribution in [0.1, 0.15) is 13.3 Å². The standard InChI is InChI=1S/C11H19NO5/c1-3-17-9-6-8(9)11(15)12(4-5-16-2)7-10(13)14/h8-9H,3-7H2,1-2H3,(H,13,14)/t8-,9-/m1/s1. The normalized spacial score (nSPS) is 22.2. The predicted octanol–water partition coefficient (Wildman–Crippen LogP) is -0.0290. The number of carboxylic acid groups (broad SMARTS) is 1. The van der Waals surface area contributed by atoms with Crippen LogP contribution in [0.15, 0.2) is 0 Å². The number of carbonyl (C=O) groups excluding carboxylic acids is 1. The first kappa shape index (κ1) is 13.9. The monoisotopic (exact) mass is 245 g/mol. The van der Waals surface area contributed by atoms with E-state index >= 15 is 0 Å². The molecule has 1 aliphatic carbocycles. The van der Waals surface area contributed by atoms with Gasteiger partial charge >= 0.3 is 5.97 Å². The largest absolute Gasteiger partial charge is 0.480 e. The second-order valence-electron chi connectivity index (χ2n) is 3.98. The molecule has 0 aromatic carbocycles. The summed E-state index contributed by atoms with van der Waals surface area (Å²) in [5.74, 6) is -1.34. The first-order valence-electron chi connectivity index (χ1n) is 5.71. The molecular formula is C11H19NO5. The van der Waals surface area contributed by atoms with Gasteiger partial charge in [0.2, 0.25) is 5.91 Å². The zero-order valence-electron chi connectivity index (χ0n) is 10.2. The average molecular weight is 245 g/mol. The second kappa shape index (κ2) is 6.56. The zero-order chi connectivity index (χ0) is 12.8. The van der Waals surface area contributed by atoms with Crippen LogP contribution >= 0.6 is 0 Å². The highest BCUT2D eigenvalue weighted by Gasteiger charge is 2.46. The molecule has 0 unspecified atom stereocenters. The van der Waals surface area contributed by atoms with Crippen LogP contribution in [-0.2, 0) is 19.1 Å². The van der Waals surface area contributed by atoms with Gasteiger partial charge in [0.15, 0.2) is 0 Å². The van der Waals surface area contributed by atoms with E-state index in [1.165, 1.54) is 12.0 Å². The van der Waals surface area contributed by atoms with Crippen molar-refractivity contribution in [3.63, 3.8) is 0 Å². The number of hydrogen-bond acceptors (Lipinski definition) is 4. The summed E-state index contributed by atoms with van der Waals surface area (Å²) in [6.45, 7) is 2.81. The van der Waals surface area contributed by atoms with Crippen molar-refractivity contribution in [1.29, 1.82) is 0 Å². The molecule has 1 amide bonds. The molecule has 1 fully saturated rings. The molecule has 1 aliphatic rings. The number of carbonyl (C=O) groups is 2. The Hall–Kier alpha value is -1.14. The van der Waals surface area contributed by atoms with Gasteiger partial charge in [-0.3, -0.25) is 9.59 Å². The van der Waals surface area contributed by atoms with E-state index in [2.05, 4.69) is 0 Å². The van der Waals surface area contributed by atoms with E-state index in [0.717, 1.165) is 0 Å². The minimum absolute atomic E-state index is 0.0358. The van der Waals surface area contributed by atoms with Crippen molar-refractivity contribution in [2.24, 2.45) is 5.92 Å². The molecule has 0 aliphatic heterocycles. The minimum atomic E-state index is -1.01. The summed E-state index contributed by atoms with van der Waals surface area (Å²) >= 11 is 0. The Morgan fingerprint density at radius 2 is 2.18 bits per heavy atom. The average Bonchev–Trinajstić information content (AvgIpc) is 3.02. The van der Waals surface area contributed by atoms with Gasteiger partial charge in [0.05, 0.1) is 18.6 Å². The highest BCUT2D eigenvalue weighted by atomic mass is 16.5. The highest BCUT2D eigenvalue weighted by Crippen LogP contribution is 2.35. The van der Waals surface area contributed by atoms with E-state index in [0.29, 0.717) is 26.2 Å². The van der Waals surface area contributed by atoms with Gasteiger partial charge in [-0.05, 0) is 13.3 Å². The van der Waals surface area contributed by atoms with E-state index in [9.17, 15) is 9.59 Å². The fraction of sp³-hybridized carbons (Fsp3) is 0.818. The highest BCUT2D eigenvalue weighted by molar-refractivity contribution is 5.85. The lowest BCUT2D eigenvalue weighted by atomic mass is 10.3. The molecule has 98 valence electrons.